The monoisotopic (exact) mass is 236 g/mol. The van der Waals surface area contributed by atoms with E-state index in [9.17, 15) is 9.90 Å². The van der Waals surface area contributed by atoms with Crippen LogP contribution in [-0.2, 0) is 0 Å². The van der Waals surface area contributed by atoms with Gasteiger partial charge in [0.25, 0.3) is 5.91 Å². The number of carbonyl (C=O) groups is 1. The largest absolute Gasteiger partial charge is 0.504 e. The summed E-state index contributed by atoms with van der Waals surface area (Å²) in [5.74, 6) is -0.341. The van der Waals surface area contributed by atoms with Crippen LogP contribution in [0.1, 0.15) is 22.6 Å². The highest BCUT2D eigenvalue weighted by Crippen LogP contribution is 2.18. The Labute approximate surface area is 99.7 Å². The maximum atomic E-state index is 12.2. The average molecular weight is 236 g/mol. The molecule has 1 aromatic heterocycles. The summed E-state index contributed by atoms with van der Waals surface area (Å²) in [7, 11) is 0. The van der Waals surface area contributed by atoms with Crippen molar-refractivity contribution < 1.29 is 9.90 Å². The molecule has 0 atom stereocenters. The van der Waals surface area contributed by atoms with E-state index in [4.69, 9.17) is 0 Å². The Hall–Kier alpha value is -1.69. The minimum Gasteiger partial charge on any atom is -0.504 e. The molecule has 0 bridgehead atoms. The van der Waals surface area contributed by atoms with Gasteiger partial charge in [-0.15, -0.1) is 0 Å². The fraction of sp³-hybridized carbons (Fsp3) is 0.545. The fourth-order valence-corrected chi connectivity index (χ4v) is 1.82. The SMILES string of the molecule is Cc1ncnc(C(=O)N2CCCNCC2)c1O. The van der Waals surface area contributed by atoms with Gasteiger partial charge in [0, 0.05) is 19.6 Å². The molecule has 1 aromatic rings. The number of rotatable bonds is 1. The summed E-state index contributed by atoms with van der Waals surface area (Å²) in [6.45, 7) is 4.67. The van der Waals surface area contributed by atoms with Crippen LogP contribution in [0.15, 0.2) is 6.33 Å². The van der Waals surface area contributed by atoms with E-state index in [1.54, 1.807) is 11.8 Å². The van der Waals surface area contributed by atoms with Gasteiger partial charge in [-0.3, -0.25) is 4.79 Å². The second kappa shape index (κ2) is 5.09. The van der Waals surface area contributed by atoms with E-state index < -0.39 is 0 Å². The van der Waals surface area contributed by atoms with Crippen LogP contribution in [0.5, 0.6) is 5.75 Å². The van der Waals surface area contributed by atoms with Crippen LogP contribution < -0.4 is 5.32 Å². The highest BCUT2D eigenvalue weighted by atomic mass is 16.3. The summed E-state index contributed by atoms with van der Waals surface area (Å²) in [6, 6.07) is 0. The first-order chi connectivity index (χ1) is 8.20. The molecule has 0 aromatic carbocycles. The van der Waals surface area contributed by atoms with Crippen molar-refractivity contribution in [2.75, 3.05) is 26.2 Å². The van der Waals surface area contributed by atoms with Crippen molar-refractivity contribution in [3.63, 3.8) is 0 Å². The van der Waals surface area contributed by atoms with Gasteiger partial charge in [-0.25, -0.2) is 9.97 Å². The van der Waals surface area contributed by atoms with E-state index in [0.717, 1.165) is 19.5 Å². The zero-order valence-corrected chi connectivity index (χ0v) is 9.81. The van der Waals surface area contributed by atoms with Crippen molar-refractivity contribution in [2.45, 2.75) is 13.3 Å². The molecule has 1 amide bonds. The van der Waals surface area contributed by atoms with Gasteiger partial charge in [-0.05, 0) is 19.9 Å². The standard InChI is InChI=1S/C11H16N4O2/c1-8-10(16)9(14-7-13-8)11(17)15-5-2-3-12-4-6-15/h7,12,16H,2-6H2,1H3. The number of nitrogens with zero attached hydrogens (tertiary/aromatic N) is 3. The van der Waals surface area contributed by atoms with Crippen molar-refractivity contribution in [3.8, 4) is 5.75 Å². The predicted octanol–water partition coefficient (Wildman–Crippen LogP) is -0.0739. The molecule has 0 aliphatic carbocycles. The van der Waals surface area contributed by atoms with Gasteiger partial charge in [0.1, 0.15) is 6.33 Å². The predicted molar refractivity (Wildman–Crippen MR) is 61.8 cm³/mol. The molecule has 0 spiro atoms. The van der Waals surface area contributed by atoms with E-state index in [0.29, 0.717) is 18.8 Å². The molecule has 2 rings (SSSR count). The molecule has 1 aliphatic heterocycles. The highest BCUT2D eigenvalue weighted by molar-refractivity contribution is 5.95. The fourth-order valence-electron chi connectivity index (χ4n) is 1.82. The molecule has 2 N–H and O–H groups in total. The zero-order valence-electron chi connectivity index (χ0n) is 9.81. The quantitative estimate of drug-likeness (QED) is 0.713. The highest BCUT2D eigenvalue weighted by Gasteiger charge is 2.22. The Morgan fingerprint density at radius 1 is 1.41 bits per heavy atom. The second-order valence-corrected chi connectivity index (χ2v) is 4.05. The molecule has 2 heterocycles. The van der Waals surface area contributed by atoms with Crippen molar-refractivity contribution in [1.29, 1.82) is 0 Å². The summed E-state index contributed by atoms with van der Waals surface area (Å²) >= 11 is 0. The second-order valence-electron chi connectivity index (χ2n) is 4.05. The molecule has 92 valence electrons. The summed E-state index contributed by atoms with van der Waals surface area (Å²) in [4.78, 5) is 21.6. The summed E-state index contributed by atoms with van der Waals surface area (Å²) < 4.78 is 0. The smallest absolute Gasteiger partial charge is 0.276 e. The van der Waals surface area contributed by atoms with Crippen LogP contribution >= 0.6 is 0 Å². The molecule has 17 heavy (non-hydrogen) atoms. The number of aromatic hydroxyl groups is 1. The molecule has 6 heteroatoms. The van der Waals surface area contributed by atoms with E-state index in [2.05, 4.69) is 15.3 Å². The molecule has 6 nitrogen and oxygen atoms in total. The lowest BCUT2D eigenvalue weighted by Gasteiger charge is -2.19. The van der Waals surface area contributed by atoms with Crippen molar-refractivity contribution >= 4 is 5.91 Å². The van der Waals surface area contributed by atoms with Crippen molar-refractivity contribution in [1.82, 2.24) is 20.2 Å². The average Bonchev–Trinajstić information content (AvgIpc) is 2.60. The minimum absolute atomic E-state index is 0.0967. The molecular formula is C11H16N4O2. The third kappa shape index (κ3) is 2.52. The third-order valence-electron chi connectivity index (χ3n) is 2.84. The number of carbonyl (C=O) groups excluding carboxylic acids is 1. The molecule has 1 fully saturated rings. The van der Waals surface area contributed by atoms with E-state index in [1.807, 2.05) is 0 Å². The third-order valence-corrected chi connectivity index (χ3v) is 2.84. The topological polar surface area (TPSA) is 78.4 Å². The van der Waals surface area contributed by atoms with Gasteiger partial charge in [0.2, 0.25) is 0 Å². The Kier molecular flexibility index (Phi) is 3.53. The van der Waals surface area contributed by atoms with Gasteiger partial charge in [-0.2, -0.15) is 0 Å². The van der Waals surface area contributed by atoms with E-state index in [1.165, 1.54) is 6.33 Å². The molecule has 0 radical (unpaired) electrons. The molecule has 0 unspecified atom stereocenters. The van der Waals surface area contributed by atoms with Gasteiger partial charge in [0.05, 0.1) is 5.69 Å². The molecular weight excluding hydrogens is 220 g/mol. The van der Waals surface area contributed by atoms with Crippen LogP contribution in [0.25, 0.3) is 0 Å². The lowest BCUT2D eigenvalue weighted by atomic mass is 10.2. The van der Waals surface area contributed by atoms with E-state index in [-0.39, 0.29) is 17.4 Å². The first-order valence-electron chi connectivity index (χ1n) is 5.70. The maximum Gasteiger partial charge on any atom is 0.276 e. The van der Waals surface area contributed by atoms with Crippen LogP contribution in [-0.4, -0.2) is 52.1 Å². The summed E-state index contributed by atoms with van der Waals surface area (Å²) in [6.07, 6.45) is 2.22. The number of hydrogen-bond acceptors (Lipinski definition) is 5. The lowest BCUT2D eigenvalue weighted by molar-refractivity contribution is 0.0756. The number of nitrogens with one attached hydrogen (secondary N) is 1. The first-order valence-corrected chi connectivity index (χ1v) is 5.70. The first kappa shape index (κ1) is 11.8. The number of aryl methyl sites for hydroxylation is 1. The Bertz CT molecular complexity index is 414. The number of amides is 1. The van der Waals surface area contributed by atoms with Crippen LogP contribution in [0.3, 0.4) is 0 Å². The van der Waals surface area contributed by atoms with Crippen molar-refractivity contribution in [2.24, 2.45) is 0 Å². The van der Waals surface area contributed by atoms with Gasteiger partial charge in [-0.1, -0.05) is 0 Å². The number of aromatic nitrogens is 2. The van der Waals surface area contributed by atoms with Gasteiger partial charge >= 0.3 is 0 Å². The Morgan fingerprint density at radius 3 is 3.06 bits per heavy atom. The molecule has 0 saturated carbocycles. The van der Waals surface area contributed by atoms with Crippen LogP contribution in [0.4, 0.5) is 0 Å². The van der Waals surface area contributed by atoms with Gasteiger partial charge in [0.15, 0.2) is 11.4 Å². The summed E-state index contributed by atoms with van der Waals surface area (Å²) in [5.41, 5.74) is 0.524. The lowest BCUT2D eigenvalue weighted by Crippen LogP contribution is -2.34. The summed E-state index contributed by atoms with van der Waals surface area (Å²) in [5, 5.41) is 13.0. The zero-order chi connectivity index (χ0) is 12.3. The Balaban J connectivity index is 2.20. The maximum absolute atomic E-state index is 12.2. The van der Waals surface area contributed by atoms with Crippen molar-refractivity contribution in [3.05, 3.63) is 17.7 Å². The molecule has 1 aliphatic rings. The van der Waals surface area contributed by atoms with Gasteiger partial charge < -0.3 is 15.3 Å². The van der Waals surface area contributed by atoms with E-state index >= 15 is 0 Å². The molecule has 1 saturated heterocycles. The normalized spacial score (nSPS) is 16.6. The number of hydrogen-bond donors (Lipinski definition) is 2. The minimum atomic E-state index is -0.225. The van der Waals surface area contributed by atoms with Crippen LogP contribution in [0, 0.1) is 6.92 Å². The Morgan fingerprint density at radius 2 is 2.24 bits per heavy atom. The van der Waals surface area contributed by atoms with Crippen LogP contribution in [0.2, 0.25) is 0 Å².